The van der Waals surface area contributed by atoms with E-state index in [0.29, 0.717) is 31.3 Å². The van der Waals surface area contributed by atoms with Gasteiger partial charge in [0.2, 0.25) is 11.8 Å². The minimum atomic E-state index is 0.0490. The summed E-state index contributed by atoms with van der Waals surface area (Å²) in [5.41, 5.74) is 0. The van der Waals surface area contributed by atoms with Crippen LogP contribution in [0.2, 0.25) is 0 Å². The van der Waals surface area contributed by atoms with Crippen LogP contribution >= 0.6 is 0 Å². The Balaban J connectivity index is 1.67. The van der Waals surface area contributed by atoms with Gasteiger partial charge in [-0.2, -0.15) is 0 Å². The predicted octanol–water partition coefficient (Wildman–Crippen LogP) is 1.40. The number of carbonyl (C=O) groups is 2. The van der Waals surface area contributed by atoms with Gasteiger partial charge < -0.3 is 4.90 Å². The van der Waals surface area contributed by atoms with E-state index in [1.54, 1.807) is 0 Å². The first-order valence-electron chi connectivity index (χ1n) is 7.33. The second kappa shape index (κ2) is 5.00. The van der Waals surface area contributed by atoms with Gasteiger partial charge in [0.15, 0.2) is 0 Å². The van der Waals surface area contributed by atoms with Crippen LogP contribution in [0.25, 0.3) is 0 Å². The highest BCUT2D eigenvalue weighted by atomic mass is 16.2. The highest BCUT2D eigenvalue weighted by Gasteiger charge is 2.37. The number of likely N-dealkylation sites (tertiary alicyclic amines) is 1. The van der Waals surface area contributed by atoms with Crippen molar-refractivity contribution in [2.45, 2.75) is 51.0 Å². The van der Waals surface area contributed by atoms with E-state index in [9.17, 15) is 9.59 Å². The van der Waals surface area contributed by atoms with Crippen molar-refractivity contribution < 1.29 is 9.59 Å². The van der Waals surface area contributed by atoms with E-state index in [-0.39, 0.29) is 11.8 Å². The van der Waals surface area contributed by atoms with Crippen LogP contribution < -0.4 is 0 Å². The third-order valence-corrected chi connectivity index (χ3v) is 4.80. The highest BCUT2D eigenvalue weighted by molar-refractivity contribution is 6.01. The average Bonchev–Trinajstić information content (AvgIpc) is 2.71. The smallest absolute Gasteiger partial charge is 0.229 e. The molecule has 0 N–H and O–H groups in total. The van der Waals surface area contributed by atoms with E-state index in [0.717, 1.165) is 0 Å². The molecule has 0 bridgehead atoms. The van der Waals surface area contributed by atoms with Crippen LogP contribution in [0.5, 0.6) is 0 Å². The maximum atomic E-state index is 11.7. The van der Waals surface area contributed by atoms with Gasteiger partial charge in [0, 0.05) is 25.4 Å². The summed E-state index contributed by atoms with van der Waals surface area (Å²) < 4.78 is 0. The van der Waals surface area contributed by atoms with Gasteiger partial charge in [0.1, 0.15) is 0 Å². The quantitative estimate of drug-likeness (QED) is 0.696. The summed E-state index contributed by atoms with van der Waals surface area (Å²) in [7, 11) is 0. The standard InChI is InChI=1S/C14H22N2O2/c17-13-6-7-14(18)16(13)10-11-4-3-9-15-8-2-1-5-12(11)15/h11-12H,1-10H2/t11-,12?/m1/s1. The molecule has 0 aromatic heterocycles. The van der Waals surface area contributed by atoms with Crippen LogP contribution in [0.15, 0.2) is 0 Å². The SMILES string of the molecule is O=C1CCC(=O)N1C[C@H]1CCCN2CCCCC12. The van der Waals surface area contributed by atoms with Crippen LogP contribution in [0.4, 0.5) is 0 Å². The highest BCUT2D eigenvalue weighted by Crippen LogP contribution is 2.32. The molecule has 3 aliphatic heterocycles. The van der Waals surface area contributed by atoms with Crippen LogP contribution in [-0.4, -0.2) is 47.3 Å². The molecule has 3 rings (SSSR count). The molecule has 3 fully saturated rings. The van der Waals surface area contributed by atoms with Crippen molar-refractivity contribution in [1.29, 1.82) is 0 Å². The van der Waals surface area contributed by atoms with Gasteiger partial charge in [-0.25, -0.2) is 0 Å². The van der Waals surface area contributed by atoms with Gasteiger partial charge >= 0.3 is 0 Å². The molecule has 2 atom stereocenters. The number of amides is 2. The number of fused-ring (bicyclic) bond motifs is 1. The lowest BCUT2D eigenvalue weighted by Gasteiger charge is -2.45. The summed E-state index contributed by atoms with van der Waals surface area (Å²) in [5.74, 6) is 0.617. The van der Waals surface area contributed by atoms with E-state index in [2.05, 4.69) is 4.90 Å². The van der Waals surface area contributed by atoms with E-state index < -0.39 is 0 Å². The maximum absolute atomic E-state index is 11.7. The largest absolute Gasteiger partial charge is 0.300 e. The summed E-state index contributed by atoms with van der Waals surface area (Å²) in [4.78, 5) is 27.5. The monoisotopic (exact) mass is 250 g/mol. The van der Waals surface area contributed by atoms with E-state index >= 15 is 0 Å². The number of piperidine rings is 2. The summed E-state index contributed by atoms with van der Waals surface area (Å²) in [6.07, 6.45) is 7.13. The predicted molar refractivity (Wildman–Crippen MR) is 67.9 cm³/mol. The Bertz CT molecular complexity index is 338. The minimum Gasteiger partial charge on any atom is -0.300 e. The summed E-state index contributed by atoms with van der Waals surface area (Å²) in [5, 5.41) is 0. The molecule has 3 heterocycles. The Morgan fingerprint density at radius 3 is 2.44 bits per heavy atom. The van der Waals surface area contributed by atoms with Crippen LogP contribution in [0.3, 0.4) is 0 Å². The van der Waals surface area contributed by atoms with Gasteiger partial charge in [-0.15, -0.1) is 0 Å². The lowest BCUT2D eigenvalue weighted by molar-refractivity contribution is -0.139. The van der Waals surface area contributed by atoms with Gasteiger partial charge in [0.05, 0.1) is 0 Å². The van der Waals surface area contributed by atoms with Crippen molar-refractivity contribution >= 4 is 11.8 Å². The zero-order valence-corrected chi connectivity index (χ0v) is 10.9. The second-order valence-electron chi connectivity index (χ2n) is 5.90. The first-order chi connectivity index (χ1) is 8.75. The van der Waals surface area contributed by atoms with Crippen molar-refractivity contribution in [2.24, 2.45) is 5.92 Å². The summed E-state index contributed by atoms with van der Waals surface area (Å²) in [6.45, 7) is 3.10. The van der Waals surface area contributed by atoms with Gasteiger partial charge in [-0.1, -0.05) is 6.42 Å². The number of hydrogen-bond acceptors (Lipinski definition) is 3. The molecule has 1 unspecified atom stereocenters. The van der Waals surface area contributed by atoms with Crippen molar-refractivity contribution in [1.82, 2.24) is 9.80 Å². The number of hydrogen-bond donors (Lipinski definition) is 0. The zero-order valence-electron chi connectivity index (χ0n) is 10.9. The molecule has 4 heteroatoms. The number of carbonyl (C=O) groups excluding carboxylic acids is 2. The Kier molecular flexibility index (Phi) is 3.37. The van der Waals surface area contributed by atoms with Crippen molar-refractivity contribution in [3.63, 3.8) is 0 Å². The Hall–Kier alpha value is -0.900. The number of rotatable bonds is 2. The summed E-state index contributed by atoms with van der Waals surface area (Å²) in [6, 6.07) is 0.619. The molecule has 18 heavy (non-hydrogen) atoms. The lowest BCUT2D eigenvalue weighted by atomic mass is 9.83. The second-order valence-corrected chi connectivity index (χ2v) is 5.90. The molecule has 0 aliphatic carbocycles. The van der Waals surface area contributed by atoms with Crippen molar-refractivity contribution in [2.75, 3.05) is 19.6 Å². The molecule has 3 saturated heterocycles. The molecule has 4 nitrogen and oxygen atoms in total. The normalized spacial score (nSPS) is 33.9. The molecular weight excluding hydrogens is 228 g/mol. The molecule has 0 aromatic rings. The van der Waals surface area contributed by atoms with E-state index in [4.69, 9.17) is 0 Å². The molecule has 0 radical (unpaired) electrons. The van der Waals surface area contributed by atoms with Crippen LogP contribution in [0.1, 0.15) is 44.9 Å². The minimum absolute atomic E-state index is 0.0490. The molecule has 3 aliphatic rings. The average molecular weight is 250 g/mol. The fraction of sp³-hybridized carbons (Fsp3) is 0.857. The van der Waals surface area contributed by atoms with E-state index in [1.165, 1.54) is 50.1 Å². The molecule has 2 amide bonds. The van der Waals surface area contributed by atoms with Gasteiger partial charge in [-0.3, -0.25) is 14.5 Å². The third-order valence-electron chi connectivity index (χ3n) is 4.80. The van der Waals surface area contributed by atoms with Crippen LogP contribution in [-0.2, 0) is 9.59 Å². The number of nitrogens with zero attached hydrogens (tertiary/aromatic N) is 2. The molecule has 100 valence electrons. The fourth-order valence-electron chi connectivity index (χ4n) is 3.85. The van der Waals surface area contributed by atoms with Gasteiger partial charge in [0.25, 0.3) is 0 Å². The third kappa shape index (κ3) is 2.18. The number of imide groups is 1. The van der Waals surface area contributed by atoms with Gasteiger partial charge in [-0.05, 0) is 44.7 Å². The lowest BCUT2D eigenvalue weighted by Crippen LogP contribution is -2.51. The van der Waals surface area contributed by atoms with Crippen molar-refractivity contribution in [3.05, 3.63) is 0 Å². The molecular formula is C14H22N2O2. The summed E-state index contributed by atoms with van der Waals surface area (Å²) >= 11 is 0. The fourth-order valence-corrected chi connectivity index (χ4v) is 3.85. The topological polar surface area (TPSA) is 40.6 Å². The Morgan fingerprint density at radius 1 is 0.944 bits per heavy atom. The van der Waals surface area contributed by atoms with E-state index in [1.807, 2.05) is 0 Å². The maximum Gasteiger partial charge on any atom is 0.229 e. The Morgan fingerprint density at radius 2 is 1.67 bits per heavy atom. The van der Waals surface area contributed by atoms with Crippen LogP contribution in [0, 0.1) is 5.92 Å². The molecule has 0 spiro atoms. The first kappa shape index (κ1) is 12.2. The first-order valence-corrected chi connectivity index (χ1v) is 7.33. The Labute approximate surface area is 108 Å². The zero-order chi connectivity index (χ0) is 12.5. The van der Waals surface area contributed by atoms with Crippen molar-refractivity contribution in [3.8, 4) is 0 Å². The molecule has 0 saturated carbocycles. The molecule has 0 aromatic carbocycles.